The molecular weight excluding hydrogens is 220 g/mol. The molecule has 0 saturated carbocycles. The maximum atomic E-state index is 11.4. The van der Waals surface area contributed by atoms with Gasteiger partial charge in [0.05, 0.1) is 6.42 Å². The fourth-order valence-corrected chi connectivity index (χ4v) is 1.12. The molecule has 0 bridgehead atoms. The Morgan fingerprint density at radius 3 is 2.53 bits per heavy atom. The van der Waals surface area contributed by atoms with Gasteiger partial charge in [-0.05, 0) is 19.1 Å². The number of benzene rings is 1. The summed E-state index contributed by atoms with van der Waals surface area (Å²) in [6, 6.07) is 8.48. The van der Waals surface area contributed by atoms with Gasteiger partial charge in [-0.25, -0.2) is 10.2 Å². The Morgan fingerprint density at radius 1 is 1.29 bits per heavy atom. The Kier molecular flexibility index (Phi) is 4.68. The van der Waals surface area contributed by atoms with E-state index >= 15 is 0 Å². The van der Waals surface area contributed by atoms with E-state index in [0.29, 0.717) is 11.4 Å². The lowest BCUT2D eigenvalue weighted by molar-refractivity contribution is -0.116. The number of hydrogen-bond donors (Lipinski definition) is 3. The molecule has 0 unspecified atom stereocenters. The van der Waals surface area contributed by atoms with Gasteiger partial charge >= 0.3 is 6.03 Å². The molecule has 0 aromatic heterocycles. The Labute approximate surface area is 98.9 Å². The summed E-state index contributed by atoms with van der Waals surface area (Å²) in [7, 11) is 0. The summed E-state index contributed by atoms with van der Waals surface area (Å²) in [6.07, 6.45) is 0.0195. The molecule has 90 valence electrons. The largest absolute Gasteiger partial charge is 0.369 e. The number of urea groups is 1. The average molecular weight is 234 g/mol. The van der Waals surface area contributed by atoms with Crippen LogP contribution in [0.1, 0.15) is 13.3 Å². The number of carbonyl (C=O) groups excluding carboxylic acids is 2. The summed E-state index contributed by atoms with van der Waals surface area (Å²) in [5.74, 6) is -0.489. The smallest absolute Gasteiger partial charge is 0.339 e. The second-order valence-corrected chi connectivity index (χ2v) is 3.42. The predicted octanol–water partition coefficient (Wildman–Crippen LogP) is 1.06. The van der Waals surface area contributed by atoms with Crippen LogP contribution in [0.5, 0.6) is 0 Å². The fraction of sp³-hybridized carbons (Fsp3) is 0.182. The SMILES string of the molecule is C/C(CC(N)=O)=N/NC(=O)Nc1ccccc1. The van der Waals surface area contributed by atoms with Crippen molar-refractivity contribution in [3.8, 4) is 0 Å². The van der Waals surface area contributed by atoms with E-state index in [0.717, 1.165) is 0 Å². The van der Waals surface area contributed by atoms with Crippen molar-refractivity contribution in [1.82, 2.24) is 5.43 Å². The monoisotopic (exact) mass is 234 g/mol. The number of carbonyl (C=O) groups is 2. The Bertz CT molecular complexity index is 428. The molecule has 0 aliphatic carbocycles. The summed E-state index contributed by atoms with van der Waals surface area (Å²) in [6.45, 7) is 1.60. The van der Waals surface area contributed by atoms with Crippen LogP contribution in [-0.4, -0.2) is 17.6 Å². The lowest BCUT2D eigenvalue weighted by Crippen LogP contribution is -2.26. The van der Waals surface area contributed by atoms with E-state index in [2.05, 4.69) is 15.8 Å². The van der Waals surface area contributed by atoms with Gasteiger partial charge in [-0.15, -0.1) is 0 Å². The van der Waals surface area contributed by atoms with Crippen molar-refractivity contribution >= 4 is 23.3 Å². The minimum absolute atomic E-state index is 0.0195. The third kappa shape index (κ3) is 5.31. The van der Waals surface area contributed by atoms with Gasteiger partial charge in [0.2, 0.25) is 5.91 Å². The summed E-state index contributed by atoms with van der Waals surface area (Å²) in [5, 5.41) is 6.29. The standard InChI is InChI=1S/C11H14N4O2/c1-8(7-10(12)16)14-15-11(17)13-9-5-3-2-4-6-9/h2-6H,7H2,1H3,(H2,12,16)(H2,13,15,17)/b14-8-. The number of anilines is 1. The number of nitrogens with one attached hydrogen (secondary N) is 2. The number of para-hydroxylation sites is 1. The number of hydrogen-bond acceptors (Lipinski definition) is 3. The number of hydrazone groups is 1. The summed E-state index contributed by atoms with van der Waals surface area (Å²) >= 11 is 0. The van der Waals surface area contributed by atoms with Crippen molar-refractivity contribution in [2.75, 3.05) is 5.32 Å². The summed E-state index contributed by atoms with van der Waals surface area (Å²) < 4.78 is 0. The fourth-order valence-electron chi connectivity index (χ4n) is 1.12. The molecule has 0 fully saturated rings. The molecule has 0 saturated heterocycles. The second kappa shape index (κ2) is 6.26. The zero-order valence-corrected chi connectivity index (χ0v) is 9.43. The van der Waals surface area contributed by atoms with E-state index in [1.54, 1.807) is 31.2 Å². The molecular formula is C11H14N4O2. The molecule has 17 heavy (non-hydrogen) atoms. The van der Waals surface area contributed by atoms with Crippen molar-refractivity contribution < 1.29 is 9.59 Å². The predicted molar refractivity (Wildman–Crippen MR) is 65.5 cm³/mol. The van der Waals surface area contributed by atoms with Crippen molar-refractivity contribution in [2.45, 2.75) is 13.3 Å². The number of nitrogens with two attached hydrogens (primary N) is 1. The van der Waals surface area contributed by atoms with Crippen LogP contribution < -0.4 is 16.5 Å². The molecule has 1 rings (SSSR count). The van der Waals surface area contributed by atoms with E-state index in [1.165, 1.54) is 0 Å². The minimum Gasteiger partial charge on any atom is -0.369 e. The van der Waals surface area contributed by atoms with E-state index < -0.39 is 11.9 Å². The van der Waals surface area contributed by atoms with Gasteiger partial charge in [0.25, 0.3) is 0 Å². The van der Waals surface area contributed by atoms with Gasteiger partial charge < -0.3 is 11.1 Å². The van der Waals surface area contributed by atoms with Crippen LogP contribution in [0.25, 0.3) is 0 Å². The minimum atomic E-state index is -0.489. The van der Waals surface area contributed by atoms with Gasteiger partial charge in [0, 0.05) is 11.4 Å². The van der Waals surface area contributed by atoms with E-state index in [1.807, 2.05) is 6.07 Å². The average Bonchev–Trinajstić information content (AvgIpc) is 2.27. The highest BCUT2D eigenvalue weighted by Gasteiger charge is 2.01. The zero-order valence-electron chi connectivity index (χ0n) is 9.43. The van der Waals surface area contributed by atoms with Crippen LogP contribution in [0.4, 0.5) is 10.5 Å². The third-order valence-electron chi connectivity index (χ3n) is 1.81. The van der Waals surface area contributed by atoms with Gasteiger partial charge in [-0.3, -0.25) is 4.79 Å². The first-order valence-corrected chi connectivity index (χ1v) is 5.01. The van der Waals surface area contributed by atoms with E-state index in [9.17, 15) is 9.59 Å². The molecule has 0 spiro atoms. The molecule has 6 heteroatoms. The van der Waals surface area contributed by atoms with Crippen LogP contribution in [0.15, 0.2) is 35.4 Å². The molecule has 0 atom stereocenters. The molecule has 0 heterocycles. The van der Waals surface area contributed by atoms with Crippen LogP contribution in [-0.2, 0) is 4.79 Å². The van der Waals surface area contributed by atoms with Gasteiger partial charge in [-0.2, -0.15) is 5.10 Å². The zero-order chi connectivity index (χ0) is 12.7. The first kappa shape index (κ1) is 12.7. The van der Waals surface area contributed by atoms with Crippen molar-refractivity contribution in [1.29, 1.82) is 0 Å². The lowest BCUT2D eigenvalue weighted by atomic mass is 10.3. The topological polar surface area (TPSA) is 96.6 Å². The van der Waals surface area contributed by atoms with Crippen LogP contribution >= 0.6 is 0 Å². The Hall–Kier alpha value is -2.37. The third-order valence-corrected chi connectivity index (χ3v) is 1.81. The summed E-state index contributed by atoms with van der Waals surface area (Å²) in [5.41, 5.74) is 8.35. The maximum Gasteiger partial charge on any atom is 0.339 e. The van der Waals surface area contributed by atoms with Crippen molar-refractivity contribution in [2.24, 2.45) is 10.8 Å². The molecule has 0 aliphatic heterocycles. The molecule has 6 nitrogen and oxygen atoms in total. The van der Waals surface area contributed by atoms with Crippen LogP contribution in [0, 0.1) is 0 Å². The van der Waals surface area contributed by atoms with Crippen LogP contribution in [0.2, 0.25) is 0 Å². The first-order chi connectivity index (χ1) is 8.08. The molecule has 1 aromatic rings. The molecule has 4 N–H and O–H groups in total. The Morgan fingerprint density at radius 2 is 1.94 bits per heavy atom. The van der Waals surface area contributed by atoms with Crippen LogP contribution in [0.3, 0.4) is 0 Å². The second-order valence-electron chi connectivity index (χ2n) is 3.42. The Balaban J connectivity index is 2.43. The van der Waals surface area contributed by atoms with Gasteiger partial charge in [0.1, 0.15) is 0 Å². The number of primary amides is 1. The van der Waals surface area contributed by atoms with Crippen molar-refractivity contribution in [3.05, 3.63) is 30.3 Å². The van der Waals surface area contributed by atoms with Crippen molar-refractivity contribution in [3.63, 3.8) is 0 Å². The number of rotatable bonds is 4. The quantitative estimate of drug-likeness (QED) is 0.536. The number of nitrogens with zero attached hydrogens (tertiary/aromatic N) is 1. The molecule has 0 aliphatic rings. The lowest BCUT2D eigenvalue weighted by Gasteiger charge is -2.04. The highest BCUT2D eigenvalue weighted by molar-refractivity contribution is 5.99. The van der Waals surface area contributed by atoms with E-state index in [4.69, 9.17) is 5.73 Å². The maximum absolute atomic E-state index is 11.4. The molecule has 1 aromatic carbocycles. The number of amides is 3. The summed E-state index contributed by atoms with van der Waals surface area (Å²) in [4.78, 5) is 21.9. The highest BCUT2D eigenvalue weighted by atomic mass is 16.2. The normalized spacial score (nSPS) is 10.8. The highest BCUT2D eigenvalue weighted by Crippen LogP contribution is 2.03. The van der Waals surface area contributed by atoms with E-state index in [-0.39, 0.29) is 6.42 Å². The molecule has 0 radical (unpaired) electrons. The van der Waals surface area contributed by atoms with Gasteiger partial charge in [-0.1, -0.05) is 18.2 Å². The molecule has 3 amide bonds. The van der Waals surface area contributed by atoms with Gasteiger partial charge in [0.15, 0.2) is 0 Å². The first-order valence-electron chi connectivity index (χ1n) is 5.01.